The Morgan fingerprint density at radius 3 is 1.13 bits per heavy atom. The molecule has 2 unspecified atom stereocenters. The molecule has 0 aromatic carbocycles. The summed E-state index contributed by atoms with van der Waals surface area (Å²) in [5, 5.41) is 23.3. The number of esters is 1. The van der Waals surface area contributed by atoms with Crippen LogP contribution in [-0.4, -0.2) is 47.4 Å². The molecule has 6 heteroatoms. The van der Waals surface area contributed by atoms with Crippen LogP contribution in [0, 0.1) is 0 Å². The first-order valence-corrected chi connectivity index (χ1v) is 31.2. The second-order valence-electron chi connectivity index (χ2n) is 21.4. The van der Waals surface area contributed by atoms with Gasteiger partial charge in [-0.15, -0.1) is 0 Å². The maximum Gasteiger partial charge on any atom is 0.305 e. The Hall–Kier alpha value is -1.92. The lowest BCUT2D eigenvalue weighted by molar-refractivity contribution is -0.143. The number of rotatable bonds is 58. The summed E-state index contributed by atoms with van der Waals surface area (Å²) in [4.78, 5) is 24.6. The summed E-state index contributed by atoms with van der Waals surface area (Å²) in [7, 11) is 0. The van der Waals surface area contributed by atoms with Gasteiger partial charge in [0.25, 0.3) is 0 Å². The van der Waals surface area contributed by atoms with E-state index in [0.717, 1.165) is 51.4 Å². The van der Waals surface area contributed by atoms with Crippen molar-refractivity contribution < 1.29 is 24.5 Å². The smallest absolute Gasteiger partial charge is 0.305 e. The molecule has 0 aliphatic rings. The predicted molar refractivity (Wildman–Crippen MR) is 306 cm³/mol. The molecule has 0 saturated heterocycles. The van der Waals surface area contributed by atoms with E-state index in [-0.39, 0.29) is 18.5 Å². The molecule has 70 heavy (non-hydrogen) atoms. The molecule has 0 aliphatic heterocycles. The van der Waals surface area contributed by atoms with Gasteiger partial charge in [0.15, 0.2) is 0 Å². The van der Waals surface area contributed by atoms with Crippen molar-refractivity contribution in [3.05, 3.63) is 36.5 Å². The van der Waals surface area contributed by atoms with Crippen molar-refractivity contribution in [2.75, 3.05) is 13.2 Å². The van der Waals surface area contributed by atoms with Gasteiger partial charge in [-0.25, -0.2) is 0 Å². The molecular weight excluding hydrogens is 863 g/mol. The molecule has 0 saturated carbocycles. The molecule has 0 radical (unpaired) electrons. The van der Waals surface area contributed by atoms with E-state index in [1.54, 1.807) is 0 Å². The number of allylic oxidation sites excluding steroid dienone is 6. The molecule has 2 atom stereocenters. The quantitative estimate of drug-likeness (QED) is 0.0321. The third kappa shape index (κ3) is 55.4. The summed E-state index contributed by atoms with van der Waals surface area (Å²) in [6, 6.07) is -0.587. The summed E-state index contributed by atoms with van der Waals surface area (Å²) >= 11 is 0. The Morgan fingerprint density at radius 1 is 0.400 bits per heavy atom. The topological polar surface area (TPSA) is 95.9 Å². The van der Waals surface area contributed by atoms with Crippen LogP contribution < -0.4 is 5.32 Å². The fourth-order valence-corrected chi connectivity index (χ4v) is 9.63. The standard InChI is InChI=1S/C64H121NO5/c1-3-5-7-9-11-13-15-17-19-21-23-24-25-26-27-29-32-36-40-44-48-52-56-62(67)61(60-66)65-63(68)57-53-49-45-41-37-33-31-35-39-43-47-51-55-59-70-64(69)58-54-50-46-42-38-34-30-28-22-20-18-16-14-12-10-8-6-4-2/h20,22,33,37,45,49,61-62,66-67H,3-19,21,23-32,34-36,38-44,46-48,50-60H2,1-2H3,(H,65,68)/b22-20-,37-33-,49-45-. The van der Waals surface area contributed by atoms with Crippen LogP contribution in [0.25, 0.3) is 0 Å². The van der Waals surface area contributed by atoms with Crippen LogP contribution in [0.1, 0.15) is 335 Å². The number of nitrogens with one attached hydrogen (secondary N) is 1. The zero-order valence-electron chi connectivity index (χ0n) is 47.0. The predicted octanol–water partition coefficient (Wildman–Crippen LogP) is 19.6. The Labute approximate surface area is 436 Å². The minimum atomic E-state index is -0.701. The number of hydrogen-bond acceptors (Lipinski definition) is 5. The second kappa shape index (κ2) is 59.6. The first kappa shape index (κ1) is 68.1. The Bertz CT molecular complexity index is 1130. The number of carbonyl (C=O) groups excluding carboxylic acids is 2. The van der Waals surface area contributed by atoms with E-state index in [1.807, 2.05) is 6.08 Å². The van der Waals surface area contributed by atoms with Gasteiger partial charge in [-0.05, 0) is 70.6 Å². The van der Waals surface area contributed by atoms with E-state index in [4.69, 9.17) is 4.74 Å². The van der Waals surface area contributed by atoms with E-state index < -0.39 is 12.1 Å². The van der Waals surface area contributed by atoms with Gasteiger partial charge < -0.3 is 20.3 Å². The van der Waals surface area contributed by atoms with Gasteiger partial charge in [-0.1, -0.05) is 288 Å². The highest BCUT2D eigenvalue weighted by molar-refractivity contribution is 5.76. The van der Waals surface area contributed by atoms with E-state index >= 15 is 0 Å². The lowest BCUT2D eigenvalue weighted by atomic mass is 10.0. The number of unbranched alkanes of at least 4 members (excludes halogenated alkanes) is 41. The third-order valence-electron chi connectivity index (χ3n) is 14.4. The van der Waals surface area contributed by atoms with E-state index in [2.05, 4.69) is 49.5 Å². The summed E-state index contributed by atoms with van der Waals surface area (Å²) in [5.41, 5.74) is 0. The van der Waals surface area contributed by atoms with Crippen LogP contribution in [0.5, 0.6) is 0 Å². The molecule has 0 rings (SSSR count). The van der Waals surface area contributed by atoms with Gasteiger partial charge in [-0.2, -0.15) is 0 Å². The molecule has 0 aromatic heterocycles. The zero-order chi connectivity index (χ0) is 50.7. The maximum absolute atomic E-state index is 12.5. The van der Waals surface area contributed by atoms with E-state index in [0.29, 0.717) is 32.3 Å². The number of hydrogen-bond donors (Lipinski definition) is 3. The number of ether oxygens (including phenoxy) is 1. The van der Waals surface area contributed by atoms with Gasteiger partial charge in [0, 0.05) is 12.8 Å². The van der Waals surface area contributed by atoms with Crippen molar-refractivity contribution in [2.24, 2.45) is 0 Å². The van der Waals surface area contributed by atoms with Crippen LogP contribution >= 0.6 is 0 Å². The van der Waals surface area contributed by atoms with Crippen molar-refractivity contribution in [1.29, 1.82) is 0 Å². The molecule has 0 fully saturated rings. The average Bonchev–Trinajstić information content (AvgIpc) is 3.36. The molecule has 0 aliphatic carbocycles. The van der Waals surface area contributed by atoms with Crippen LogP contribution in [0.4, 0.5) is 0 Å². The molecule has 3 N–H and O–H groups in total. The lowest BCUT2D eigenvalue weighted by Crippen LogP contribution is -2.45. The molecule has 0 bridgehead atoms. The van der Waals surface area contributed by atoms with Crippen LogP contribution in [0.3, 0.4) is 0 Å². The lowest BCUT2D eigenvalue weighted by Gasteiger charge is -2.22. The van der Waals surface area contributed by atoms with Crippen molar-refractivity contribution in [3.8, 4) is 0 Å². The molecular formula is C64H121NO5. The first-order valence-electron chi connectivity index (χ1n) is 31.2. The summed E-state index contributed by atoms with van der Waals surface area (Å²) in [6.45, 7) is 4.91. The summed E-state index contributed by atoms with van der Waals surface area (Å²) in [5.74, 6) is -0.132. The van der Waals surface area contributed by atoms with Gasteiger partial charge in [-0.3, -0.25) is 9.59 Å². The van der Waals surface area contributed by atoms with Crippen molar-refractivity contribution >= 4 is 11.9 Å². The SMILES string of the molecule is CCCCCCCCC/C=C\CCCCCCCCCC(=O)OCCCCCCCC/C=C\C/C=C\CCC(=O)NC(CO)C(O)CCCCCCCCCCCCCCCCCCCCCCCC. The number of aliphatic hydroxyl groups is 2. The van der Waals surface area contributed by atoms with Crippen molar-refractivity contribution in [1.82, 2.24) is 5.32 Å². The first-order chi connectivity index (χ1) is 34.5. The van der Waals surface area contributed by atoms with Gasteiger partial charge >= 0.3 is 5.97 Å². The Morgan fingerprint density at radius 2 is 0.729 bits per heavy atom. The van der Waals surface area contributed by atoms with Gasteiger partial charge in [0.2, 0.25) is 5.91 Å². The van der Waals surface area contributed by atoms with Gasteiger partial charge in [0.1, 0.15) is 0 Å². The molecule has 0 aromatic rings. The molecule has 1 amide bonds. The van der Waals surface area contributed by atoms with Crippen LogP contribution in [-0.2, 0) is 14.3 Å². The maximum atomic E-state index is 12.5. The monoisotopic (exact) mass is 984 g/mol. The molecule has 6 nitrogen and oxygen atoms in total. The minimum Gasteiger partial charge on any atom is -0.466 e. The van der Waals surface area contributed by atoms with Crippen molar-refractivity contribution in [3.63, 3.8) is 0 Å². The highest BCUT2D eigenvalue weighted by Gasteiger charge is 2.20. The third-order valence-corrected chi connectivity index (χ3v) is 14.4. The van der Waals surface area contributed by atoms with Crippen LogP contribution in [0.15, 0.2) is 36.5 Å². The highest BCUT2D eigenvalue weighted by Crippen LogP contribution is 2.17. The van der Waals surface area contributed by atoms with Gasteiger partial charge in [0.05, 0.1) is 25.4 Å². The summed E-state index contributed by atoms with van der Waals surface area (Å²) in [6.07, 6.45) is 74.5. The largest absolute Gasteiger partial charge is 0.466 e. The second-order valence-corrected chi connectivity index (χ2v) is 21.4. The molecule has 0 heterocycles. The molecule has 0 spiro atoms. The Kier molecular flexibility index (Phi) is 58.0. The minimum absolute atomic E-state index is 0.0193. The molecule has 412 valence electrons. The highest BCUT2D eigenvalue weighted by atomic mass is 16.5. The van der Waals surface area contributed by atoms with Crippen molar-refractivity contribution in [2.45, 2.75) is 347 Å². The number of carbonyl (C=O) groups is 2. The number of amides is 1. The average molecular weight is 985 g/mol. The Balaban J connectivity index is 3.52. The van der Waals surface area contributed by atoms with E-state index in [1.165, 1.54) is 244 Å². The summed E-state index contributed by atoms with van der Waals surface area (Å²) < 4.78 is 5.47. The van der Waals surface area contributed by atoms with E-state index in [9.17, 15) is 19.8 Å². The fraction of sp³-hybridized carbons (Fsp3) is 0.875. The van der Waals surface area contributed by atoms with Crippen LogP contribution in [0.2, 0.25) is 0 Å². The number of aliphatic hydroxyl groups excluding tert-OH is 2. The zero-order valence-corrected chi connectivity index (χ0v) is 47.0. The normalized spacial score (nSPS) is 12.8. The fourth-order valence-electron chi connectivity index (χ4n) is 9.63.